The summed E-state index contributed by atoms with van der Waals surface area (Å²) in [6.07, 6.45) is 2.16. The molecule has 0 aliphatic carbocycles. The van der Waals surface area contributed by atoms with E-state index in [0.29, 0.717) is 5.56 Å². The maximum atomic E-state index is 13.5. The van der Waals surface area contributed by atoms with E-state index in [-0.39, 0.29) is 17.5 Å². The van der Waals surface area contributed by atoms with Crippen LogP contribution < -0.4 is 9.62 Å². The second-order valence-electron chi connectivity index (χ2n) is 7.66. The summed E-state index contributed by atoms with van der Waals surface area (Å²) in [5.41, 5.74) is 3.94. The molecule has 0 saturated heterocycles. The highest BCUT2D eigenvalue weighted by Crippen LogP contribution is 2.30. The molecule has 28 heavy (non-hydrogen) atoms. The molecule has 0 aromatic heterocycles. The van der Waals surface area contributed by atoms with Gasteiger partial charge in [-0.25, -0.2) is 17.5 Å². The van der Waals surface area contributed by atoms with E-state index in [1.807, 2.05) is 19.0 Å². The van der Waals surface area contributed by atoms with Crippen molar-refractivity contribution in [2.75, 3.05) is 39.1 Å². The molecule has 1 atom stereocenters. The minimum absolute atomic E-state index is 0.0796. The molecule has 1 aliphatic rings. The first-order valence-electron chi connectivity index (χ1n) is 9.45. The van der Waals surface area contributed by atoms with E-state index in [1.165, 1.54) is 29.4 Å². The Bertz CT molecular complexity index is 960. The lowest BCUT2D eigenvalue weighted by Crippen LogP contribution is -2.35. The largest absolute Gasteiger partial charge is 0.374 e. The smallest absolute Gasteiger partial charge is 0.240 e. The zero-order valence-electron chi connectivity index (χ0n) is 16.9. The summed E-state index contributed by atoms with van der Waals surface area (Å²) in [4.78, 5) is 4.34. The molecule has 7 heteroatoms. The Balaban J connectivity index is 1.81. The van der Waals surface area contributed by atoms with Crippen LogP contribution in [0.3, 0.4) is 0 Å². The molecule has 5 nitrogen and oxygen atoms in total. The predicted octanol–water partition coefficient (Wildman–Crippen LogP) is 3.10. The normalized spacial score (nSPS) is 15.6. The molecular formula is C21H28FN3O2S. The van der Waals surface area contributed by atoms with E-state index in [1.54, 1.807) is 6.92 Å². The summed E-state index contributed by atoms with van der Waals surface area (Å²) in [5.74, 6) is -0.413. The van der Waals surface area contributed by atoms with Crippen molar-refractivity contribution in [2.45, 2.75) is 30.7 Å². The van der Waals surface area contributed by atoms with Crippen LogP contribution in [0.1, 0.15) is 29.2 Å². The second-order valence-corrected chi connectivity index (χ2v) is 9.42. The van der Waals surface area contributed by atoms with E-state index in [9.17, 15) is 12.8 Å². The standard InChI is InChI=1S/C21H28FN3O2S/c1-15-12-18(8-9-19(15)22)28(26,27)23-14-21(24(2)3)17-7-10-20-16(13-17)6-5-11-25(20)4/h7-10,12-13,21,23H,5-6,11,14H2,1-4H3. The molecule has 0 fully saturated rings. The average Bonchev–Trinajstić information content (AvgIpc) is 2.64. The van der Waals surface area contributed by atoms with Crippen molar-refractivity contribution >= 4 is 15.7 Å². The first-order valence-corrected chi connectivity index (χ1v) is 10.9. The molecule has 1 N–H and O–H groups in total. The summed E-state index contributed by atoms with van der Waals surface area (Å²) in [6.45, 7) is 2.85. The molecule has 0 saturated carbocycles. The van der Waals surface area contributed by atoms with Crippen LogP contribution in [-0.4, -0.2) is 47.6 Å². The minimum atomic E-state index is -3.71. The predicted molar refractivity (Wildman–Crippen MR) is 111 cm³/mol. The SMILES string of the molecule is Cc1cc(S(=O)(=O)NCC(c2ccc3c(c2)CCCN3C)N(C)C)ccc1F. The van der Waals surface area contributed by atoms with Gasteiger partial charge in [-0.05, 0) is 74.8 Å². The van der Waals surface area contributed by atoms with Gasteiger partial charge in [0.25, 0.3) is 0 Å². The van der Waals surface area contributed by atoms with Crippen molar-refractivity contribution in [3.63, 3.8) is 0 Å². The topological polar surface area (TPSA) is 52.7 Å². The van der Waals surface area contributed by atoms with E-state index >= 15 is 0 Å². The van der Waals surface area contributed by atoms with Gasteiger partial charge < -0.3 is 9.80 Å². The Kier molecular flexibility index (Phi) is 6.07. The molecule has 0 bridgehead atoms. The lowest BCUT2D eigenvalue weighted by Gasteiger charge is -2.30. The van der Waals surface area contributed by atoms with Gasteiger partial charge in [-0.3, -0.25) is 0 Å². The molecule has 2 aromatic carbocycles. The summed E-state index contributed by atoms with van der Waals surface area (Å²) in [7, 11) is 2.26. The number of hydrogen-bond donors (Lipinski definition) is 1. The van der Waals surface area contributed by atoms with Gasteiger partial charge in [0.2, 0.25) is 10.0 Å². The maximum Gasteiger partial charge on any atom is 0.240 e. The van der Waals surface area contributed by atoms with Crippen LogP contribution >= 0.6 is 0 Å². The van der Waals surface area contributed by atoms with Gasteiger partial charge in [0.1, 0.15) is 5.82 Å². The number of hydrogen-bond acceptors (Lipinski definition) is 4. The van der Waals surface area contributed by atoms with Gasteiger partial charge in [-0.1, -0.05) is 12.1 Å². The van der Waals surface area contributed by atoms with E-state index in [0.717, 1.165) is 24.9 Å². The van der Waals surface area contributed by atoms with Crippen molar-refractivity contribution < 1.29 is 12.8 Å². The highest BCUT2D eigenvalue weighted by molar-refractivity contribution is 7.89. The Morgan fingerprint density at radius 3 is 2.64 bits per heavy atom. The van der Waals surface area contributed by atoms with Gasteiger partial charge in [-0.15, -0.1) is 0 Å². The number of anilines is 1. The third-order valence-corrected chi connectivity index (χ3v) is 6.79. The first-order chi connectivity index (χ1) is 13.2. The Morgan fingerprint density at radius 1 is 1.21 bits per heavy atom. The van der Waals surface area contributed by atoms with Crippen molar-refractivity contribution in [3.05, 3.63) is 58.9 Å². The van der Waals surface area contributed by atoms with Crippen LogP contribution in [-0.2, 0) is 16.4 Å². The fourth-order valence-corrected chi connectivity index (χ4v) is 4.79. The molecule has 1 unspecified atom stereocenters. The van der Waals surface area contributed by atoms with E-state index < -0.39 is 15.8 Å². The number of aryl methyl sites for hydroxylation is 2. The molecule has 1 aliphatic heterocycles. The number of sulfonamides is 1. The zero-order valence-corrected chi connectivity index (χ0v) is 17.7. The quantitative estimate of drug-likeness (QED) is 0.802. The Morgan fingerprint density at radius 2 is 1.96 bits per heavy atom. The van der Waals surface area contributed by atoms with Crippen LogP contribution in [0.2, 0.25) is 0 Å². The number of fused-ring (bicyclic) bond motifs is 1. The molecule has 0 radical (unpaired) electrons. The van der Waals surface area contributed by atoms with Crippen LogP contribution in [0, 0.1) is 12.7 Å². The van der Waals surface area contributed by atoms with Gasteiger partial charge in [0.05, 0.1) is 4.90 Å². The van der Waals surface area contributed by atoms with Gasteiger partial charge in [-0.2, -0.15) is 0 Å². The third kappa shape index (κ3) is 4.37. The Labute approximate surface area is 167 Å². The molecule has 0 amide bonds. The van der Waals surface area contributed by atoms with Gasteiger partial charge in [0, 0.05) is 31.9 Å². The molecule has 2 aromatic rings. The monoisotopic (exact) mass is 405 g/mol. The summed E-state index contributed by atoms with van der Waals surface area (Å²) < 4.78 is 41.5. The maximum absolute atomic E-state index is 13.5. The molecular weight excluding hydrogens is 377 g/mol. The Hall–Kier alpha value is -1.96. The van der Waals surface area contributed by atoms with E-state index in [4.69, 9.17) is 0 Å². The van der Waals surface area contributed by atoms with Gasteiger partial charge >= 0.3 is 0 Å². The van der Waals surface area contributed by atoms with Crippen molar-refractivity contribution in [2.24, 2.45) is 0 Å². The second kappa shape index (κ2) is 8.19. The van der Waals surface area contributed by atoms with Crippen molar-refractivity contribution in [3.8, 4) is 0 Å². The van der Waals surface area contributed by atoms with Gasteiger partial charge in [0.15, 0.2) is 0 Å². The zero-order chi connectivity index (χ0) is 20.5. The third-order valence-electron chi connectivity index (χ3n) is 5.37. The number of nitrogens with zero attached hydrogens (tertiary/aromatic N) is 2. The number of nitrogens with one attached hydrogen (secondary N) is 1. The summed E-state index contributed by atoms with van der Waals surface area (Å²) >= 11 is 0. The van der Waals surface area contributed by atoms with Crippen LogP contribution in [0.4, 0.5) is 10.1 Å². The van der Waals surface area contributed by atoms with Crippen LogP contribution in [0.5, 0.6) is 0 Å². The van der Waals surface area contributed by atoms with Crippen molar-refractivity contribution in [1.29, 1.82) is 0 Å². The van der Waals surface area contributed by atoms with Crippen molar-refractivity contribution in [1.82, 2.24) is 9.62 Å². The number of rotatable bonds is 6. The van der Waals surface area contributed by atoms with E-state index in [2.05, 4.69) is 34.9 Å². The number of likely N-dealkylation sites (N-methyl/N-ethyl adjacent to an activating group) is 1. The first kappa shape index (κ1) is 20.8. The lowest BCUT2D eigenvalue weighted by molar-refractivity contribution is 0.299. The van der Waals surface area contributed by atoms with Crippen LogP contribution in [0.25, 0.3) is 0 Å². The molecule has 3 rings (SSSR count). The minimum Gasteiger partial charge on any atom is -0.374 e. The molecule has 152 valence electrons. The summed E-state index contributed by atoms with van der Waals surface area (Å²) in [6, 6.07) is 10.1. The molecule has 1 heterocycles. The number of benzene rings is 2. The highest BCUT2D eigenvalue weighted by Gasteiger charge is 2.22. The lowest BCUT2D eigenvalue weighted by atomic mass is 9.96. The van der Waals surface area contributed by atoms with Crippen LogP contribution in [0.15, 0.2) is 41.3 Å². The molecule has 0 spiro atoms. The summed E-state index contributed by atoms with van der Waals surface area (Å²) in [5, 5.41) is 0. The number of halogens is 1. The fraction of sp³-hybridized carbons (Fsp3) is 0.429. The average molecular weight is 406 g/mol. The highest BCUT2D eigenvalue weighted by atomic mass is 32.2. The fourth-order valence-electron chi connectivity index (χ4n) is 3.67.